The monoisotopic (exact) mass is 319 g/mol. The zero-order chi connectivity index (χ0) is 14.0. The summed E-state index contributed by atoms with van der Waals surface area (Å²) in [7, 11) is 0. The number of nitrogens with zero attached hydrogens (tertiary/aromatic N) is 1. The number of carbonyl (C=O) groups excluding carboxylic acids is 1. The molecular formula is C13H22ClN3O2S. The number of hydrogen-bond acceptors (Lipinski definition) is 5. The van der Waals surface area contributed by atoms with Crippen LogP contribution in [0.25, 0.3) is 0 Å². The van der Waals surface area contributed by atoms with Gasteiger partial charge in [0.2, 0.25) is 0 Å². The second kappa shape index (κ2) is 6.85. The van der Waals surface area contributed by atoms with Crippen molar-refractivity contribution in [3.8, 4) is 0 Å². The van der Waals surface area contributed by atoms with Crippen molar-refractivity contribution >= 4 is 34.8 Å². The summed E-state index contributed by atoms with van der Waals surface area (Å²) < 4.78 is 5.56. The van der Waals surface area contributed by atoms with Gasteiger partial charge >= 0.3 is 0 Å². The van der Waals surface area contributed by atoms with Crippen molar-refractivity contribution in [3.63, 3.8) is 0 Å². The molecule has 0 bridgehead atoms. The molecule has 2 rings (SSSR count). The normalized spacial score (nSPS) is 22.4. The molecule has 1 aliphatic heterocycles. The summed E-state index contributed by atoms with van der Waals surface area (Å²) in [6.45, 7) is 6.84. The largest absolute Gasteiger partial charge is 0.364 e. The van der Waals surface area contributed by atoms with E-state index in [2.05, 4.69) is 31.1 Å². The Morgan fingerprint density at radius 1 is 1.55 bits per heavy atom. The van der Waals surface area contributed by atoms with Gasteiger partial charge in [-0.05, 0) is 18.3 Å². The maximum absolute atomic E-state index is 12.0. The number of halogens is 1. The van der Waals surface area contributed by atoms with Gasteiger partial charge in [-0.2, -0.15) is 0 Å². The van der Waals surface area contributed by atoms with E-state index in [0.29, 0.717) is 11.7 Å². The molecule has 1 fully saturated rings. The van der Waals surface area contributed by atoms with Gasteiger partial charge in [-0.25, -0.2) is 4.98 Å². The molecule has 0 aromatic carbocycles. The Morgan fingerprint density at radius 3 is 2.75 bits per heavy atom. The van der Waals surface area contributed by atoms with Crippen LogP contribution in [0.3, 0.4) is 0 Å². The number of carbonyl (C=O) groups is 1. The minimum Gasteiger partial charge on any atom is -0.364 e. The van der Waals surface area contributed by atoms with E-state index in [9.17, 15) is 4.79 Å². The summed E-state index contributed by atoms with van der Waals surface area (Å²) in [5.41, 5.74) is 5.58. The van der Waals surface area contributed by atoms with Crippen molar-refractivity contribution in [1.82, 2.24) is 4.98 Å². The fourth-order valence-electron chi connectivity index (χ4n) is 1.94. The van der Waals surface area contributed by atoms with Crippen LogP contribution < -0.4 is 11.1 Å². The first-order valence-electron chi connectivity index (χ1n) is 6.53. The Bertz CT molecular complexity index is 459. The molecule has 0 saturated carbocycles. The Kier molecular flexibility index (Phi) is 5.94. The number of amides is 1. The molecule has 0 radical (unpaired) electrons. The first kappa shape index (κ1) is 17.4. The highest BCUT2D eigenvalue weighted by Crippen LogP contribution is 2.30. The number of nitrogens with two attached hydrogens (primary N) is 1. The third-order valence-electron chi connectivity index (χ3n) is 3.14. The fraction of sp³-hybridized carbons (Fsp3) is 0.692. The van der Waals surface area contributed by atoms with Crippen LogP contribution in [0.1, 0.15) is 38.5 Å². The van der Waals surface area contributed by atoms with E-state index in [1.165, 1.54) is 11.3 Å². The minimum atomic E-state index is -0.393. The number of aromatic nitrogens is 1. The molecule has 0 unspecified atom stereocenters. The van der Waals surface area contributed by atoms with Crippen LogP contribution in [-0.4, -0.2) is 29.6 Å². The molecule has 2 atom stereocenters. The molecule has 2 heterocycles. The SMILES string of the molecule is CC(C)(C)c1cnc(NC(=O)[C@@H]2CC[C@H](CN)O2)s1.Cl. The Labute approximate surface area is 129 Å². The van der Waals surface area contributed by atoms with Crippen molar-refractivity contribution < 1.29 is 9.53 Å². The zero-order valence-corrected chi connectivity index (χ0v) is 13.6. The number of thiazole rings is 1. The molecule has 1 saturated heterocycles. The summed E-state index contributed by atoms with van der Waals surface area (Å²) >= 11 is 1.51. The predicted molar refractivity (Wildman–Crippen MR) is 83.6 cm³/mol. The molecule has 5 nitrogen and oxygen atoms in total. The Balaban J connectivity index is 0.00000200. The van der Waals surface area contributed by atoms with Crippen molar-refractivity contribution in [1.29, 1.82) is 0 Å². The number of anilines is 1. The zero-order valence-electron chi connectivity index (χ0n) is 12.0. The second-order valence-corrected chi connectivity index (χ2v) is 6.86. The first-order valence-corrected chi connectivity index (χ1v) is 7.34. The first-order chi connectivity index (χ1) is 8.90. The van der Waals surface area contributed by atoms with Gasteiger partial charge in [-0.1, -0.05) is 20.8 Å². The van der Waals surface area contributed by atoms with Gasteiger partial charge in [0.15, 0.2) is 5.13 Å². The van der Waals surface area contributed by atoms with Gasteiger partial charge in [-0.3, -0.25) is 10.1 Å². The lowest BCUT2D eigenvalue weighted by molar-refractivity contribution is -0.126. The van der Waals surface area contributed by atoms with E-state index in [4.69, 9.17) is 10.5 Å². The topological polar surface area (TPSA) is 77.2 Å². The quantitative estimate of drug-likeness (QED) is 0.896. The number of rotatable bonds is 3. The molecule has 3 N–H and O–H groups in total. The smallest absolute Gasteiger partial charge is 0.255 e. The van der Waals surface area contributed by atoms with Crippen molar-refractivity contribution in [2.24, 2.45) is 5.73 Å². The number of hydrogen-bond donors (Lipinski definition) is 2. The molecule has 0 spiro atoms. The highest BCUT2D eigenvalue weighted by Gasteiger charge is 2.30. The summed E-state index contributed by atoms with van der Waals surface area (Å²) in [5, 5.41) is 3.46. The van der Waals surface area contributed by atoms with Crippen LogP contribution in [0.2, 0.25) is 0 Å². The van der Waals surface area contributed by atoms with Crippen molar-refractivity contribution in [3.05, 3.63) is 11.1 Å². The number of ether oxygens (including phenoxy) is 1. The Morgan fingerprint density at radius 2 is 2.25 bits per heavy atom. The summed E-state index contributed by atoms with van der Waals surface area (Å²) in [5.74, 6) is -0.120. The van der Waals surface area contributed by atoms with Crippen LogP contribution >= 0.6 is 23.7 Å². The molecule has 0 aliphatic carbocycles. The molecule has 7 heteroatoms. The molecule has 1 amide bonds. The van der Waals surface area contributed by atoms with Crippen molar-refractivity contribution in [2.45, 2.75) is 51.2 Å². The van der Waals surface area contributed by atoms with E-state index >= 15 is 0 Å². The van der Waals surface area contributed by atoms with E-state index in [1.54, 1.807) is 0 Å². The van der Waals surface area contributed by atoms with Gasteiger partial charge in [0, 0.05) is 17.6 Å². The lowest BCUT2D eigenvalue weighted by Crippen LogP contribution is -2.29. The molecule has 20 heavy (non-hydrogen) atoms. The average Bonchev–Trinajstić information content (AvgIpc) is 2.95. The third-order valence-corrected chi connectivity index (χ3v) is 4.48. The van der Waals surface area contributed by atoms with Gasteiger partial charge in [-0.15, -0.1) is 23.7 Å². The van der Waals surface area contributed by atoms with E-state index < -0.39 is 6.10 Å². The minimum absolute atomic E-state index is 0. The van der Waals surface area contributed by atoms with Crippen LogP contribution in [0, 0.1) is 0 Å². The summed E-state index contributed by atoms with van der Waals surface area (Å²) in [6.07, 6.45) is 3.01. The summed E-state index contributed by atoms with van der Waals surface area (Å²) in [4.78, 5) is 17.4. The Hall–Kier alpha value is -0.690. The fourth-order valence-corrected chi connectivity index (χ4v) is 2.81. The maximum atomic E-state index is 12.0. The second-order valence-electron chi connectivity index (χ2n) is 5.83. The highest BCUT2D eigenvalue weighted by molar-refractivity contribution is 7.15. The van der Waals surface area contributed by atoms with Crippen LogP contribution in [0.5, 0.6) is 0 Å². The van der Waals surface area contributed by atoms with Gasteiger partial charge in [0.05, 0.1) is 6.10 Å². The van der Waals surface area contributed by atoms with Gasteiger partial charge < -0.3 is 10.5 Å². The molecule has 1 aromatic rings. The van der Waals surface area contributed by atoms with Gasteiger partial charge in [0.1, 0.15) is 6.10 Å². The van der Waals surface area contributed by atoms with Crippen LogP contribution in [0.4, 0.5) is 5.13 Å². The molecular weight excluding hydrogens is 298 g/mol. The van der Waals surface area contributed by atoms with Crippen LogP contribution in [-0.2, 0) is 14.9 Å². The van der Waals surface area contributed by atoms with Gasteiger partial charge in [0.25, 0.3) is 5.91 Å². The molecule has 1 aliphatic rings. The standard InChI is InChI=1S/C13H21N3O2S.ClH/c1-13(2,3)10-7-15-12(19-10)16-11(17)9-5-4-8(6-14)18-9;/h7-9H,4-6,14H2,1-3H3,(H,15,16,17);1H/t8-,9+;/m1./s1. The maximum Gasteiger partial charge on any atom is 0.255 e. The lowest BCUT2D eigenvalue weighted by atomic mass is 9.96. The number of nitrogens with one attached hydrogen (secondary N) is 1. The van der Waals surface area contributed by atoms with Crippen LogP contribution in [0.15, 0.2) is 6.20 Å². The highest BCUT2D eigenvalue weighted by atomic mass is 35.5. The average molecular weight is 320 g/mol. The molecule has 114 valence electrons. The molecule has 1 aromatic heterocycles. The summed E-state index contributed by atoms with van der Waals surface area (Å²) in [6, 6.07) is 0. The van der Waals surface area contributed by atoms with E-state index in [1.807, 2.05) is 6.20 Å². The third kappa shape index (κ3) is 4.15. The van der Waals surface area contributed by atoms with E-state index in [-0.39, 0.29) is 29.8 Å². The van der Waals surface area contributed by atoms with Crippen molar-refractivity contribution in [2.75, 3.05) is 11.9 Å². The lowest BCUT2D eigenvalue weighted by Gasteiger charge is -2.14. The van der Waals surface area contributed by atoms with E-state index in [0.717, 1.165) is 17.7 Å². The predicted octanol–water partition coefficient (Wildman–Crippen LogP) is 2.31.